The van der Waals surface area contributed by atoms with Crippen LogP contribution in [0.25, 0.3) is 0 Å². The molecule has 4 rings (SSSR count). The van der Waals surface area contributed by atoms with E-state index in [9.17, 15) is 4.79 Å². The molecule has 2 saturated heterocycles. The van der Waals surface area contributed by atoms with Crippen molar-refractivity contribution in [2.75, 3.05) is 24.5 Å². The first-order valence-electron chi connectivity index (χ1n) is 7.42. The standard InChI is InChI=1S/C15H18N6O/c1-11-5-16-14(17-6-11)20-9-15(10-20)3-4-21(15)13(22)12-7-18-19(2)8-12/h5-8H,3-4,9-10H2,1-2H3. The molecule has 1 spiro atoms. The molecule has 4 heterocycles. The summed E-state index contributed by atoms with van der Waals surface area (Å²) in [6.07, 6.45) is 8.10. The summed E-state index contributed by atoms with van der Waals surface area (Å²) in [6.45, 7) is 4.40. The third-order valence-corrected chi connectivity index (χ3v) is 4.59. The first kappa shape index (κ1) is 13.2. The molecular formula is C15H18N6O. The summed E-state index contributed by atoms with van der Waals surface area (Å²) in [4.78, 5) is 25.4. The Balaban J connectivity index is 1.46. The predicted octanol–water partition coefficient (Wildman–Crippen LogP) is 0.623. The first-order chi connectivity index (χ1) is 10.6. The van der Waals surface area contributed by atoms with E-state index in [0.29, 0.717) is 5.56 Å². The number of anilines is 1. The Morgan fingerprint density at radius 1 is 1.23 bits per heavy atom. The fourth-order valence-corrected chi connectivity index (χ4v) is 3.23. The molecule has 1 amide bonds. The van der Waals surface area contributed by atoms with E-state index < -0.39 is 0 Å². The first-order valence-corrected chi connectivity index (χ1v) is 7.42. The highest BCUT2D eigenvalue weighted by molar-refractivity contribution is 5.95. The average molecular weight is 298 g/mol. The summed E-state index contributed by atoms with van der Waals surface area (Å²) in [7, 11) is 1.82. The van der Waals surface area contributed by atoms with Gasteiger partial charge in [-0.1, -0.05) is 0 Å². The molecule has 2 aliphatic rings. The summed E-state index contributed by atoms with van der Waals surface area (Å²) in [5, 5.41) is 4.08. The van der Waals surface area contributed by atoms with Gasteiger partial charge < -0.3 is 9.80 Å². The molecule has 7 heteroatoms. The van der Waals surface area contributed by atoms with Crippen molar-refractivity contribution in [3.05, 3.63) is 35.9 Å². The zero-order valence-corrected chi connectivity index (χ0v) is 12.7. The lowest BCUT2D eigenvalue weighted by atomic mass is 9.77. The van der Waals surface area contributed by atoms with Crippen molar-refractivity contribution in [2.24, 2.45) is 7.05 Å². The van der Waals surface area contributed by atoms with Gasteiger partial charge in [0.15, 0.2) is 0 Å². The summed E-state index contributed by atoms with van der Waals surface area (Å²) < 4.78 is 1.66. The molecule has 2 fully saturated rings. The molecule has 0 aliphatic carbocycles. The van der Waals surface area contributed by atoms with E-state index in [2.05, 4.69) is 20.0 Å². The van der Waals surface area contributed by atoms with Gasteiger partial charge in [0.25, 0.3) is 5.91 Å². The van der Waals surface area contributed by atoms with E-state index in [4.69, 9.17) is 0 Å². The van der Waals surface area contributed by atoms with Gasteiger partial charge in [-0.05, 0) is 18.9 Å². The summed E-state index contributed by atoms with van der Waals surface area (Å²) in [5.74, 6) is 0.820. The van der Waals surface area contributed by atoms with Gasteiger partial charge in [0.1, 0.15) is 0 Å². The minimum Gasteiger partial charge on any atom is -0.336 e. The van der Waals surface area contributed by atoms with E-state index in [0.717, 1.165) is 37.6 Å². The molecule has 0 radical (unpaired) electrons. The second kappa shape index (κ2) is 4.53. The van der Waals surface area contributed by atoms with Crippen molar-refractivity contribution >= 4 is 11.9 Å². The molecule has 2 aromatic heterocycles. The van der Waals surface area contributed by atoms with Crippen molar-refractivity contribution in [1.29, 1.82) is 0 Å². The van der Waals surface area contributed by atoms with E-state index in [1.165, 1.54) is 0 Å². The molecule has 0 N–H and O–H groups in total. The number of likely N-dealkylation sites (tertiary alicyclic amines) is 1. The maximum atomic E-state index is 12.6. The summed E-state index contributed by atoms with van der Waals surface area (Å²) in [6, 6.07) is 0. The Kier molecular flexibility index (Phi) is 2.72. The molecule has 2 aromatic rings. The molecule has 2 aliphatic heterocycles. The predicted molar refractivity (Wildman–Crippen MR) is 80.6 cm³/mol. The Morgan fingerprint density at radius 2 is 1.95 bits per heavy atom. The number of rotatable bonds is 2. The normalized spacial score (nSPS) is 19.0. The van der Waals surface area contributed by atoms with Gasteiger partial charge in [0, 0.05) is 45.3 Å². The second-order valence-electron chi connectivity index (χ2n) is 6.25. The van der Waals surface area contributed by atoms with E-state index >= 15 is 0 Å². The fraction of sp³-hybridized carbons (Fsp3) is 0.467. The van der Waals surface area contributed by atoms with Crippen LogP contribution in [-0.2, 0) is 7.05 Å². The van der Waals surface area contributed by atoms with Crippen LogP contribution in [0.5, 0.6) is 0 Å². The van der Waals surface area contributed by atoms with Crippen LogP contribution in [0.4, 0.5) is 5.95 Å². The number of amides is 1. The Labute approximate surface area is 128 Å². The quantitative estimate of drug-likeness (QED) is 0.813. The van der Waals surface area contributed by atoms with Gasteiger partial charge in [0.2, 0.25) is 5.95 Å². The minimum atomic E-state index is -0.0405. The highest BCUT2D eigenvalue weighted by Gasteiger charge is 2.56. The molecule has 22 heavy (non-hydrogen) atoms. The topological polar surface area (TPSA) is 67.2 Å². The molecule has 7 nitrogen and oxygen atoms in total. The van der Waals surface area contributed by atoms with Crippen LogP contribution in [0, 0.1) is 6.92 Å². The second-order valence-corrected chi connectivity index (χ2v) is 6.25. The van der Waals surface area contributed by atoms with E-state index in [1.54, 1.807) is 17.1 Å². The zero-order chi connectivity index (χ0) is 15.3. The molecule has 0 saturated carbocycles. The number of nitrogens with zero attached hydrogens (tertiary/aromatic N) is 6. The van der Waals surface area contributed by atoms with Crippen LogP contribution < -0.4 is 4.90 Å². The lowest BCUT2D eigenvalue weighted by molar-refractivity contribution is -0.0192. The Hall–Kier alpha value is -2.44. The van der Waals surface area contributed by atoms with Gasteiger partial charge in [-0.3, -0.25) is 9.48 Å². The van der Waals surface area contributed by atoms with Crippen molar-refractivity contribution in [3.63, 3.8) is 0 Å². The van der Waals surface area contributed by atoms with E-state index in [1.807, 2.05) is 31.3 Å². The van der Waals surface area contributed by atoms with Gasteiger partial charge in [-0.2, -0.15) is 5.10 Å². The average Bonchev–Trinajstić information content (AvgIpc) is 2.85. The minimum absolute atomic E-state index is 0.0405. The maximum absolute atomic E-state index is 12.6. The molecule has 0 unspecified atom stereocenters. The van der Waals surface area contributed by atoms with Gasteiger partial charge in [-0.15, -0.1) is 0 Å². The summed E-state index contributed by atoms with van der Waals surface area (Å²) >= 11 is 0. The zero-order valence-electron chi connectivity index (χ0n) is 12.7. The number of aryl methyl sites for hydroxylation is 2. The van der Waals surface area contributed by atoms with Gasteiger partial charge in [-0.25, -0.2) is 9.97 Å². The number of carbonyl (C=O) groups is 1. The Bertz CT molecular complexity index is 716. The Morgan fingerprint density at radius 3 is 2.50 bits per heavy atom. The highest BCUT2D eigenvalue weighted by atomic mass is 16.2. The lowest BCUT2D eigenvalue weighted by Crippen LogP contribution is -2.78. The SMILES string of the molecule is Cc1cnc(N2CC3(CCN3C(=O)c3cnn(C)c3)C2)nc1. The molecule has 0 aromatic carbocycles. The van der Waals surface area contributed by atoms with Gasteiger partial charge >= 0.3 is 0 Å². The number of carbonyl (C=O) groups excluding carboxylic acids is 1. The van der Waals surface area contributed by atoms with Crippen LogP contribution >= 0.6 is 0 Å². The van der Waals surface area contributed by atoms with Crippen LogP contribution in [-0.4, -0.2) is 55.7 Å². The maximum Gasteiger partial charge on any atom is 0.257 e. The molecule has 0 atom stereocenters. The van der Waals surface area contributed by atoms with Gasteiger partial charge in [0.05, 0.1) is 17.3 Å². The van der Waals surface area contributed by atoms with Crippen LogP contribution in [0.3, 0.4) is 0 Å². The summed E-state index contributed by atoms with van der Waals surface area (Å²) in [5.41, 5.74) is 1.67. The van der Waals surface area contributed by atoms with Crippen molar-refractivity contribution < 1.29 is 4.79 Å². The monoisotopic (exact) mass is 298 g/mol. The van der Waals surface area contributed by atoms with E-state index in [-0.39, 0.29) is 11.4 Å². The largest absolute Gasteiger partial charge is 0.336 e. The van der Waals surface area contributed by atoms with Crippen molar-refractivity contribution in [2.45, 2.75) is 18.9 Å². The van der Waals surface area contributed by atoms with Crippen LogP contribution in [0.1, 0.15) is 22.3 Å². The van der Waals surface area contributed by atoms with Crippen LogP contribution in [0.2, 0.25) is 0 Å². The third kappa shape index (κ3) is 1.88. The van der Waals surface area contributed by atoms with Crippen molar-refractivity contribution in [3.8, 4) is 0 Å². The molecule has 114 valence electrons. The smallest absolute Gasteiger partial charge is 0.257 e. The van der Waals surface area contributed by atoms with Crippen LogP contribution in [0.15, 0.2) is 24.8 Å². The lowest BCUT2D eigenvalue weighted by Gasteiger charge is -2.62. The number of aromatic nitrogens is 4. The molecular weight excluding hydrogens is 280 g/mol. The number of hydrogen-bond acceptors (Lipinski definition) is 5. The number of hydrogen-bond donors (Lipinski definition) is 0. The van der Waals surface area contributed by atoms with Crippen molar-refractivity contribution in [1.82, 2.24) is 24.6 Å². The third-order valence-electron chi connectivity index (χ3n) is 4.59. The molecule has 0 bridgehead atoms. The fourth-order valence-electron chi connectivity index (χ4n) is 3.23. The highest BCUT2D eigenvalue weighted by Crippen LogP contribution is 2.41.